The van der Waals surface area contributed by atoms with Gasteiger partial charge in [-0.1, -0.05) is 24.4 Å². The number of rotatable bonds is 2. The molecule has 4 heteroatoms. The van der Waals surface area contributed by atoms with Gasteiger partial charge in [-0.25, -0.2) is 4.79 Å². The Morgan fingerprint density at radius 2 is 2.00 bits per heavy atom. The van der Waals surface area contributed by atoms with Crippen LogP contribution in [0.4, 0.5) is 0 Å². The number of benzene rings is 1. The minimum absolute atomic E-state index is 0.0821. The predicted octanol–water partition coefficient (Wildman–Crippen LogP) is 3.77. The van der Waals surface area contributed by atoms with Crippen molar-refractivity contribution in [3.63, 3.8) is 0 Å². The Bertz CT molecular complexity index is 527. The average molecular weight is 266 g/mol. The molecule has 1 fully saturated rings. The van der Waals surface area contributed by atoms with Crippen LogP contribution in [0.2, 0.25) is 5.02 Å². The Hall–Kier alpha value is -1.31. The first-order valence-electron chi connectivity index (χ1n) is 6.10. The zero-order valence-corrected chi connectivity index (χ0v) is 11.3. The Balaban J connectivity index is 2.69. The van der Waals surface area contributed by atoms with E-state index in [1.807, 2.05) is 13.8 Å². The predicted molar refractivity (Wildman–Crippen MR) is 70.9 cm³/mol. The molecule has 0 atom stereocenters. The first-order chi connectivity index (χ1) is 8.52. The third kappa shape index (κ3) is 1.94. The van der Waals surface area contributed by atoms with Gasteiger partial charge in [0.1, 0.15) is 5.75 Å². The van der Waals surface area contributed by atoms with Crippen LogP contribution in [0, 0.1) is 13.8 Å². The van der Waals surface area contributed by atoms with Crippen LogP contribution >= 0.6 is 11.6 Å². The van der Waals surface area contributed by atoms with Gasteiger partial charge >= 0.3 is 0 Å². The van der Waals surface area contributed by atoms with E-state index in [1.54, 1.807) is 12.1 Å². The summed E-state index contributed by atoms with van der Waals surface area (Å²) in [4.78, 5) is 14.8. The molecule has 0 heterocycles. The van der Waals surface area contributed by atoms with Crippen LogP contribution in [0.5, 0.6) is 5.75 Å². The summed E-state index contributed by atoms with van der Waals surface area (Å²) in [7, 11) is 0. The lowest BCUT2D eigenvalue weighted by molar-refractivity contribution is 0.446. The number of hydrogen-bond acceptors (Lipinski definition) is 3. The quantitative estimate of drug-likeness (QED) is 0.654. The Morgan fingerprint density at radius 1 is 1.39 bits per heavy atom. The summed E-state index contributed by atoms with van der Waals surface area (Å²) in [6, 6.07) is 1.64. The van der Waals surface area contributed by atoms with Gasteiger partial charge in [-0.2, -0.15) is 4.99 Å². The minimum Gasteiger partial charge on any atom is -0.506 e. The summed E-state index contributed by atoms with van der Waals surface area (Å²) in [6.45, 7) is 3.78. The maximum Gasteiger partial charge on any atom is 0.235 e. The number of aromatic hydroxyl groups is 1. The summed E-state index contributed by atoms with van der Waals surface area (Å²) >= 11 is 6.11. The lowest BCUT2D eigenvalue weighted by Gasteiger charge is -2.27. The zero-order valence-electron chi connectivity index (χ0n) is 10.6. The molecule has 0 aliphatic heterocycles. The monoisotopic (exact) mass is 265 g/mol. The van der Waals surface area contributed by atoms with Gasteiger partial charge in [0.25, 0.3) is 0 Å². The first-order valence-corrected chi connectivity index (χ1v) is 6.48. The van der Waals surface area contributed by atoms with Crippen LogP contribution in [-0.2, 0) is 10.3 Å². The van der Waals surface area contributed by atoms with Crippen molar-refractivity contribution >= 4 is 17.7 Å². The number of carbonyl (C=O) groups excluding carboxylic acids is 1. The van der Waals surface area contributed by atoms with Gasteiger partial charge in [0.15, 0.2) is 0 Å². The molecule has 1 aromatic carbocycles. The van der Waals surface area contributed by atoms with Gasteiger partial charge in [-0.05, 0) is 49.4 Å². The second-order valence-corrected chi connectivity index (χ2v) is 5.35. The second kappa shape index (κ2) is 4.75. The Labute approximate surface area is 111 Å². The third-order valence-corrected chi connectivity index (χ3v) is 4.31. The highest BCUT2D eigenvalue weighted by atomic mass is 35.5. The Morgan fingerprint density at radius 3 is 2.56 bits per heavy atom. The number of hydrogen-bond donors (Lipinski definition) is 1. The summed E-state index contributed by atoms with van der Waals surface area (Å²) in [5, 5.41) is 10.1. The van der Waals surface area contributed by atoms with E-state index in [-0.39, 0.29) is 5.75 Å². The van der Waals surface area contributed by atoms with E-state index in [0.29, 0.717) is 5.02 Å². The van der Waals surface area contributed by atoms with E-state index in [2.05, 4.69) is 4.99 Å². The van der Waals surface area contributed by atoms with Crippen molar-refractivity contribution in [3.05, 3.63) is 27.8 Å². The smallest absolute Gasteiger partial charge is 0.235 e. The van der Waals surface area contributed by atoms with Gasteiger partial charge in [0, 0.05) is 0 Å². The third-order valence-electron chi connectivity index (χ3n) is 3.83. The minimum atomic E-state index is -0.493. The lowest BCUT2D eigenvalue weighted by atomic mass is 9.82. The van der Waals surface area contributed by atoms with Gasteiger partial charge < -0.3 is 5.11 Å². The molecular weight excluding hydrogens is 250 g/mol. The van der Waals surface area contributed by atoms with Crippen LogP contribution in [-0.4, -0.2) is 11.2 Å². The number of phenolic OH excluding ortho intramolecular Hbond substituents is 1. The van der Waals surface area contributed by atoms with Crippen molar-refractivity contribution < 1.29 is 9.90 Å². The first kappa shape index (κ1) is 13.1. The summed E-state index contributed by atoms with van der Waals surface area (Å²) in [5.41, 5.74) is 2.23. The molecule has 0 bridgehead atoms. The van der Waals surface area contributed by atoms with E-state index >= 15 is 0 Å². The van der Waals surface area contributed by atoms with Crippen molar-refractivity contribution in [2.75, 3.05) is 0 Å². The SMILES string of the molecule is Cc1cc(O)c(Cl)c(C)c1C1(N=C=O)CCCC1. The van der Waals surface area contributed by atoms with Crippen molar-refractivity contribution in [2.24, 2.45) is 4.99 Å². The van der Waals surface area contributed by atoms with Gasteiger partial charge in [0.2, 0.25) is 6.08 Å². The van der Waals surface area contributed by atoms with E-state index < -0.39 is 5.54 Å². The number of aliphatic imine (C=N–C) groups is 1. The largest absolute Gasteiger partial charge is 0.506 e. The van der Waals surface area contributed by atoms with Gasteiger partial charge in [-0.15, -0.1) is 0 Å². The maximum atomic E-state index is 10.7. The molecule has 0 radical (unpaired) electrons. The fourth-order valence-electron chi connectivity index (χ4n) is 3.12. The summed E-state index contributed by atoms with van der Waals surface area (Å²) in [6.07, 6.45) is 5.47. The molecule has 2 rings (SSSR count). The molecule has 0 aromatic heterocycles. The summed E-state index contributed by atoms with van der Waals surface area (Å²) in [5.74, 6) is 0.0821. The van der Waals surface area contributed by atoms with E-state index in [4.69, 9.17) is 11.6 Å². The highest BCUT2D eigenvalue weighted by molar-refractivity contribution is 6.32. The molecule has 0 amide bonds. The highest BCUT2D eigenvalue weighted by Gasteiger charge is 2.38. The van der Waals surface area contributed by atoms with Crippen LogP contribution in [0.25, 0.3) is 0 Å². The molecule has 1 aliphatic carbocycles. The number of nitrogens with zero attached hydrogens (tertiary/aromatic N) is 1. The highest BCUT2D eigenvalue weighted by Crippen LogP contribution is 2.47. The molecule has 0 saturated heterocycles. The average Bonchev–Trinajstić information content (AvgIpc) is 2.76. The molecule has 1 aliphatic rings. The number of phenols is 1. The van der Waals surface area contributed by atoms with Crippen LogP contribution in [0.15, 0.2) is 11.1 Å². The number of isocyanates is 1. The topological polar surface area (TPSA) is 49.7 Å². The molecule has 1 saturated carbocycles. The fraction of sp³-hybridized carbons (Fsp3) is 0.500. The normalized spacial score (nSPS) is 17.5. The molecule has 0 spiro atoms. The molecule has 0 unspecified atom stereocenters. The molecule has 1 aromatic rings. The van der Waals surface area contributed by atoms with Crippen LogP contribution in [0.3, 0.4) is 0 Å². The fourth-order valence-corrected chi connectivity index (χ4v) is 3.27. The van der Waals surface area contributed by atoms with Gasteiger partial charge in [0.05, 0.1) is 10.6 Å². The van der Waals surface area contributed by atoms with Crippen LogP contribution < -0.4 is 0 Å². The van der Waals surface area contributed by atoms with Crippen molar-refractivity contribution in [2.45, 2.75) is 45.1 Å². The molecule has 96 valence electrons. The van der Waals surface area contributed by atoms with Crippen molar-refractivity contribution in [3.8, 4) is 5.75 Å². The van der Waals surface area contributed by atoms with E-state index in [0.717, 1.165) is 42.4 Å². The second-order valence-electron chi connectivity index (χ2n) is 4.97. The zero-order chi connectivity index (χ0) is 13.3. The Kier molecular flexibility index (Phi) is 3.47. The molecule has 18 heavy (non-hydrogen) atoms. The standard InChI is InChI=1S/C14H16ClNO2/c1-9-7-11(18)13(15)10(2)12(9)14(16-8-17)5-3-4-6-14/h7,18H,3-6H2,1-2H3. The van der Waals surface area contributed by atoms with E-state index in [1.165, 1.54) is 0 Å². The molecule has 3 nitrogen and oxygen atoms in total. The molecular formula is C14H16ClNO2. The number of halogens is 1. The molecule has 1 N–H and O–H groups in total. The number of aryl methyl sites for hydroxylation is 1. The van der Waals surface area contributed by atoms with Gasteiger partial charge in [-0.3, -0.25) is 0 Å². The van der Waals surface area contributed by atoms with Crippen molar-refractivity contribution in [1.29, 1.82) is 0 Å². The van der Waals surface area contributed by atoms with E-state index in [9.17, 15) is 9.90 Å². The van der Waals surface area contributed by atoms with Crippen molar-refractivity contribution in [1.82, 2.24) is 0 Å². The summed E-state index contributed by atoms with van der Waals surface area (Å²) < 4.78 is 0. The maximum absolute atomic E-state index is 10.7. The van der Waals surface area contributed by atoms with Crippen LogP contribution in [0.1, 0.15) is 42.4 Å². The lowest BCUT2D eigenvalue weighted by Crippen LogP contribution is -2.22.